The van der Waals surface area contributed by atoms with E-state index in [0.29, 0.717) is 89.9 Å². The first-order chi connectivity index (χ1) is 35.4. The van der Waals surface area contributed by atoms with Crippen LogP contribution in [0.4, 0.5) is 17.3 Å². The van der Waals surface area contributed by atoms with Gasteiger partial charge in [-0.3, -0.25) is 29.3 Å². The van der Waals surface area contributed by atoms with Gasteiger partial charge in [0.15, 0.2) is 5.82 Å². The quantitative estimate of drug-likeness (QED) is 0.144. The van der Waals surface area contributed by atoms with Crippen LogP contribution in [0.5, 0.6) is 0 Å². The number of anilines is 3. The van der Waals surface area contributed by atoms with E-state index in [4.69, 9.17) is 9.97 Å². The molecule has 1 spiro atoms. The van der Waals surface area contributed by atoms with E-state index in [-0.39, 0.29) is 53.5 Å². The van der Waals surface area contributed by atoms with Gasteiger partial charge in [-0.1, -0.05) is 31.5 Å². The van der Waals surface area contributed by atoms with Crippen LogP contribution in [-0.2, 0) is 29.4 Å². The second kappa shape index (κ2) is 19.1. The second-order valence-corrected chi connectivity index (χ2v) is 23.2. The zero-order valence-corrected chi connectivity index (χ0v) is 43.1. The van der Waals surface area contributed by atoms with Gasteiger partial charge in [0.1, 0.15) is 11.3 Å². The lowest BCUT2D eigenvalue weighted by Crippen LogP contribution is -2.59. The molecule has 1 atom stereocenters. The van der Waals surface area contributed by atoms with Crippen molar-refractivity contribution in [1.29, 1.82) is 0 Å². The molecule has 0 bridgehead atoms. The first kappa shape index (κ1) is 48.1. The van der Waals surface area contributed by atoms with Gasteiger partial charge in [-0.05, 0) is 146 Å². The van der Waals surface area contributed by atoms with Gasteiger partial charge in [0.25, 0.3) is 0 Å². The van der Waals surface area contributed by atoms with Crippen molar-refractivity contribution in [3.63, 3.8) is 0 Å². The monoisotopic (exact) mass is 992 g/mol. The molecule has 2 saturated carbocycles. The number of hydrogen-bond donors (Lipinski definition) is 2. The van der Waals surface area contributed by atoms with Crippen LogP contribution in [-0.4, -0.2) is 134 Å². The summed E-state index contributed by atoms with van der Waals surface area (Å²) in [5, 5.41) is 6.14. The third kappa shape index (κ3) is 8.66. The molecule has 1 aromatic carbocycles. The summed E-state index contributed by atoms with van der Waals surface area (Å²) in [5.74, 6) is 1.33. The molecule has 4 aromatic rings. The lowest BCUT2D eigenvalue weighted by molar-refractivity contribution is -0.152. The fraction of sp³-hybridized carbons (Fsp3) is 0.614. The zero-order valence-electron chi connectivity index (χ0n) is 43.1. The number of likely N-dealkylation sites (tertiary alicyclic amines) is 3. The molecule has 16 nitrogen and oxygen atoms in total. The Kier molecular flexibility index (Phi) is 12.6. The van der Waals surface area contributed by atoms with Crippen LogP contribution in [0.2, 0.25) is 0 Å². The number of piperidine rings is 5. The molecule has 73 heavy (non-hydrogen) atoms. The van der Waals surface area contributed by atoms with Gasteiger partial charge in [0.05, 0.1) is 34.3 Å². The zero-order chi connectivity index (χ0) is 50.2. The molecule has 12 rings (SSSR count). The molecule has 386 valence electrons. The number of imidazole rings is 1. The Hall–Kier alpha value is -5.90. The van der Waals surface area contributed by atoms with E-state index < -0.39 is 10.8 Å². The highest BCUT2D eigenvalue weighted by molar-refractivity contribution is 6.09. The van der Waals surface area contributed by atoms with Gasteiger partial charge < -0.3 is 34.4 Å². The summed E-state index contributed by atoms with van der Waals surface area (Å²) in [7, 11) is 0. The number of nitrogens with one attached hydrogen (secondary N) is 2. The largest absolute Gasteiger partial charge is 0.366 e. The number of carbonyl (C=O) groups is 5. The van der Waals surface area contributed by atoms with E-state index in [2.05, 4.69) is 84.8 Å². The first-order valence-electron chi connectivity index (χ1n) is 27.9. The molecule has 9 heterocycles. The van der Waals surface area contributed by atoms with Crippen molar-refractivity contribution >= 4 is 57.9 Å². The standard InChI is InChI=1S/C57H73N11O5/c1-4-56(18-26-65(27-19-56)53(71)37-16-24-64(25-17-37)48-14-9-39(34-58-48)43-12-15-49(69)62-52(43)70)54(72)66-28-20-57(21-29-66)44-13-8-38(30-47(44)68(55(57)73)42-31-41(32-42)63-22-6-5-7-23-63)45-33-46-50(67(35-59-46)36(2)3)51(61-45)60-40-10-11-40/h8-9,13-14,30,33-37,40-43H,4-7,10-12,15-29,31-32H2,1-3H3,(H,60,61)(H,62,69,70)/t41-,42+,43?. The van der Waals surface area contributed by atoms with Crippen molar-refractivity contribution in [2.75, 3.05) is 67.5 Å². The van der Waals surface area contributed by atoms with E-state index in [0.717, 1.165) is 109 Å². The number of benzene rings is 1. The van der Waals surface area contributed by atoms with Crippen LogP contribution in [0.1, 0.15) is 147 Å². The summed E-state index contributed by atoms with van der Waals surface area (Å²) in [6.45, 7) is 12.4. The van der Waals surface area contributed by atoms with Crippen molar-refractivity contribution in [3.8, 4) is 11.3 Å². The maximum Gasteiger partial charge on any atom is 0.238 e. The number of aromatic nitrogens is 4. The molecule has 6 aliphatic heterocycles. The van der Waals surface area contributed by atoms with Crippen molar-refractivity contribution < 1.29 is 24.0 Å². The van der Waals surface area contributed by atoms with E-state index in [1.54, 1.807) is 6.20 Å². The summed E-state index contributed by atoms with van der Waals surface area (Å²) in [6, 6.07) is 13.9. The molecular weight excluding hydrogens is 919 g/mol. The Balaban J connectivity index is 0.714. The van der Waals surface area contributed by atoms with Gasteiger partial charge >= 0.3 is 0 Å². The number of pyridine rings is 2. The van der Waals surface area contributed by atoms with Crippen molar-refractivity contribution in [1.82, 2.24) is 39.5 Å². The van der Waals surface area contributed by atoms with Crippen molar-refractivity contribution in [2.45, 2.75) is 159 Å². The Bertz CT molecular complexity index is 2790. The van der Waals surface area contributed by atoms with Gasteiger partial charge in [-0.25, -0.2) is 15.0 Å². The summed E-state index contributed by atoms with van der Waals surface area (Å²) >= 11 is 0. The molecule has 5 saturated heterocycles. The molecular formula is C57H73N11O5. The molecule has 8 aliphatic rings. The summed E-state index contributed by atoms with van der Waals surface area (Å²) < 4.78 is 2.20. The Morgan fingerprint density at radius 1 is 0.808 bits per heavy atom. The average molecular weight is 992 g/mol. The normalized spacial score (nSPS) is 25.6. The molecule has 2 aliphatic carbocycles. The van der Waals surface area contributed by atoms with E-state index in [1.165, 1.54) is 19.3 Å². The molecule has 1 unspecified atom stereocenters. The number of nitrogens with zero attached hydrogens (tertiary/aromatic N) is 9. The topological polar surface area (TPSA) is 169 Å². The SMILES string of the molecule is CCC1(C(=O)N2CCC3(CC2)C(=O)N([C@H]2C[C@@H](N4CCCCC4)C2)c2cc(-c4cc5ncn(C(C)C)c5c(NC5CC5)n4)ccc23)CCN(C(=O)C2CCN(c3ccc(C4CCC(=O)NC4=O)cn3)CC2)CC1. The maximum atomic E-state index is 15.3. The van der Waals surface area contributed by atoms with Gasteiger partial charge in [0, 0.05) is 93.2 Å². The van der Waals surface area contributed by atoms with Crippen LogP contribution in [0, 0.1) is 11.3 Å². The number of fused-ring (bicyclic) bond motifs is 3. The Morgan fingerprint density at radius 3 is 2.22 bits per heavy atom. The molecule has 5 amide bonds. The van der Waals surface area contributed by atoms with Crippen molar-refractivity contribution in [2.24, 2.45) is 11.3 Å². The fourth-order valence-corrected chi connectivity index (χ4v) is 13.8. The smallest absolute Gasteiger partial charge is 0.238 e. The van der Waals surface area contributed by atoms with Crippen LogP contribution >= 0.6 is 0 Å². The molecule has 2 N–H and O–H groups in total. The predicted molar refractivity (Wildman–Crippen MR) is 280 cm³/mol. The fourth-order valence-electron chi connectivity index (χ4n) is 13.8. The van der Waals surface area contributed by atoms with Gasteiger partial charge in [-0.2, -0.15) is 0 Å². The highest BCUT2D eigenvalue weighted by Gasteiger charge is 2.57. The minimum atomic E-state index is -0.687. The van der Waals surface area contributed by atoms with E-state index >= 15 is 4.79 Å². The highest BCUT2D eigenvalue weighted by atomic mass is 16.2. The average Bonchev–Trinajstić information content (AvgIpc) is 4.07. The van der Waals surface area contributed by atoms with Crippen LogP contribution in [0.15, 0.2) is 48.9 Å². The predicted octanol–water partition coefficient (Wildman–Crippen LogP) is 7.33. The highest BCUT2D eigenvalue weighted by Crippen LogP contribution is 2.53. The molecule has 0 radical (unpaired) electrons. The minimum Gasteiger partial charge on any atom is -0.366 e. The van der Waals surface area contributed by atoms with Gasteiger partial charge in [0.2, 0.25) is 29.5 Å². The van der Waals surface area contributed by atoms with Crippen LogP contribution < -0.4 is 20.4 Å². The van der Waals surface area contributed by atoms with E-state index in [9.17, 15) is 19.2 Å². The second-order valence-electron chi connectivity index (χ2n) is 23.2. The van der Waals surface area contributed by atoms with Gasteiger partial charge in [-0.15, -0.1) is 0 Å². The summed E-state index contributed by atoms with van der Waals surface area (Å²) in [6.07, 6.45) is 17.2. The molecule has 3 aromatic heterocycles. The summed E-state index contributed by atoms with van der Waals surface area (Å²) in [5.41, 5.74) is 5.49. The van der Waals surface area contributed by atoms with E-state index in [1.807, 2.05) is 23.4 Å². The third-order valence-corrected chi connectivity index (χ3v) is 18.7. The Morgan fingerprint density at radius 2 is 1.55 bits per heavy atom. The maximum absolute atomic E-state index is 15.3. The number of carbonyl (C=O) groups excluding carboxylic acids is 5. The summed E-state index contributed by atoms with van der Waals surface area (Å²) in [4.78, 5) is 94.1. The lowest BCUT2D eigenvalue weighted by Gasteiger charge is -2.48. The van der Waals surface area contributed by atoms with Crippen LogP contribution in [0.25, 0.3) is 22.3 Å². The number of hydrogen-bond acceptors (Lipinski definition) is 11. The molecule has 16 heteroatoms. The minimum absolute atomic E-state index is 0.0727. The Labute approximate surface area is 429 Å². The number of imide groups is 1. The lowest BCUT2D eigenvalue weighted by atomic mass is 9.71. The number of amides is 5. The third-order valence-electron chi connectivity index (χ3n) is 18.7. The van der Waals surface area contributed by atoms with Crippen molar-refractivity contribution in [3.05, 3.63) is 60.0 Å². The van der Waals surface area contributed by atoms with Crippen LogP contribution in [0.3, 0.4) is 0 Å². The first-order valence-corrected chi connectivity index (χ1v) is 27.9. The molecule has 7 fully saturated rings. The number of rotatable bonds is 11.